The van der Waals surface area contributed by atoms with Crippen molar-refractivity contribution in [1.29, 1.82) is 0 Å². The van der Waals surface area contributed by atoms with E-state index in [0.29, 0.717) is 13.1 Å². The Bertz CT molecular complexity index is 910. The third-order valence-corrected chi connectivity index (χ3v) is 5.17. The van der Waals surface area contributed by atoms with Crippen molar-refractivity contribution in [3.8, 4) is 5.69 Å². The van der Waals surface area contributed by atoms with Crippen molar-refractivity contribution < 1.29 is 0 Å². The fraction of sp³-hybridized carbons (Fsp3) is 0.350. The van der Waals surface area contributed by atoms with E-state index in [4.69, 9.17) is 10.1 Å². The molecule has 2 N–H and O–H groups in total. The Kier molecular flexibility index (Phi) is 6.24. The van der Waals surface area contributed by atoms with Gasteiger partial charge in [0.1, 0.15) is 5.01 Å². The molecule has 0 saturated heterocycles. The Hall–Kier alpha value is -2.67. The van der Waals surface area contributed by atoms with Crippen molar-refractivity contribution in [2.45, 2.75) is 40.8 Å². The average Bonchev–Trinajstić information content (AvgIpc) is 3.21. The first-order valence-electron chi connectivity index (χ1n) is 9.12. The first kappa shape index (κ1) is 19.1. The highest BCUT2D eigenvalue weighted by molar-refractivity contribution is 7.11. The summed E-state index contributed by atoms with van der Waals surface area (Å²) in [5.41, 5.74) is 4.35. The third-order valence-electron chi connectivity index (χ3n) is 4.26. The maximum atomic E-state index is 4.75. The van der Waals surface area contributed by atoms with Gasteiger partial charge in [-0.2, -0.15) is 5.10 Å². The second-order valence-electron chi connectivity index (χ2n) is 6.31. The number of nitrogens with zero attached hydrogens (tertiary/aromatic N) is 4. The molecule has 0 radical (unpaired) electrons. The van der Waals surface area contributed by atoms with E-state index in [1.165, 1.54) is 4.88 Å². The van der Waals surface area contributed by atoms with Gasteiger partial charge in [-0.1, -0.05) is 18.2 Å². The molecule has 0 saturated carbocycles. The van der Waals surface area contributed by atoms with Gasteiger partial charge in [0, 0.05) is 28.9 Å². The number of aryl methyl sites for hydroxylation is 2. The lowest BCUT2D eigenvalue weighted by atomic mass is 10.2. The van der Waals surface area contributed by atoms with Crippen molar-refractivity contribution in [2.24, 2.45) is 4.99 Å². The van der Waals surface area contributed by atoms with Crippen LogP contribution in [0.15, 0.2) is 41.5 Å². The minimum absolute atomic E-state index is 0.580. The van der Waals surface area contributed by atoms with E-state index >= 15 is 0 Å². The largest absolute Gasteiger partial charge is 0.357 e. The Morgan fingerprint density at radius 3 is 2.59 bits per heavy atom. The molecule has 27 heavy (non-hydrogen) atoms. The quantitative estimate of drug-likeness (QED) is 0.506. The molecule has 0 bridgehead atoms. The minimum atomic E-state index is 0.580. The van der Waals surface area contributed by atoms with E-state index in [1.54, 1.807) is 11.3 Å². The number of nitrogens with one attached hydrogen (secondary N) is 2. The Balaban J connectivity index is 1.74. The number of aliphatic imine (C=N–C) groups is 1. The molecular weight excluding hydrogens is 356 g/mol. The van der Waals surface area contributed by atoms with Crippen LogP contribution in [-0.2, 0) is 13.1 Å². The number of benzene rings is 1. The summed E-state index contributed by atoms with van der Waals surface area (Å²) in [6.45, 7) is 10.3. The van der Waals surface area contributed by atoms with Crippen LogP contribution in [0.5, 0.6) is 0 Å². The van der Waals surface area contributed by atoms with Gasteiger partial charge in [0.25, 0.3) is 0 Å². The molecule has 0 atom stereocenters. The maximum Gasteiger partial charge on any atom is 0.191 e. The van der Waals surface area contributed by atoms with Gasteiger partial charge in [-0.05, 0) is 39.8 Å². The van der Waals surface area contributed by atoms with Crippen LogP contribution >= 0.6 is 11.3 Å². The summed E-state index contributed by atoms with van der Waals surface area (Å²) in [7, 11) is 0. The molecular formula is C20H26N6S. The Morgan fingerprint density at radius 1 is 1.15 bits per heavy atom. The molecule has 0 amide bonds. The number of rotatable bonds is 6. The second kappa shape index (κ2) is 8.81. The van der Waals surface area contributed by atoms with E-state index in [0.717, 1.165) is 40.2 Å². The number of guanidine groups is 1. The number of para-hydroxylation sites is 1. The summed E-state index contributed by atoms with van der Waals surface area (Å²) < 4.78 is 1.99. The lowest BCUT2D eigenvalue weighted by Gasteiger charge is -2.10. The average molecular weight is 383 g/mol. The standard InChI is InChI=1S/C20H26N6S/c1-5-21-20(24-13-19-22-11-14(2)27-19)23-12-18-15(3)25-26(16(18)4)17-9-7-6-8-10-17/h6-11H,5,12-13H2,1-4H3,(H2,21,23,24). The molecule has 0 unspecified atom stereocenters. The first-order valence-corrected chi connectivity index (χ1v) is 9.94. The molecule has 0 fully saturated rings. The van der Waals surface area contributed by atoms with Crippen molar-refractivity contribution in [1.82, 2.24) is 25.4 Å². The van der Waals surface area contributed by atoms with Gasteiger partial charge in [0.2, 0.25) is 0 Å². The van der Waals surface area contributed by atoms with E-state index in [2.05, 4.69) is 48.5 Å². The molecule has 2 aromatic heterocycles. The summed E-state index contributed by atoms with van der Waals surface area (Å²) in [5.74, 6) is 0.789. The molecule has 2 heterocycles. The van der Waals surface area contributed by atoms with Gasteiger partial charge < -0.3 is 10.6 Å². The number of hydrogen-bond acceptors (Lipinski definition) is 4. The van der Waals surface area contributed by atoms with Crippen LogP contribution in [0.4, 0.5) is 0 Å². The van der Waals surface area contributed by atoms with Gasteiger partial charge in [-0.25, -0.2) is 14.7 Å². The highest BCUT2D eigenvalue weighted by Crippen LogP contribution is 2.18. The van der Waals surface area contributed by atoms with Crippen LogP contribution in [-0.4, -0.2) is 27.3 Å². The van der Waals surface area contributed by atoms with E-state index in [9.17, 15) is 0 Å². The summed E-state index contributed by atoms with van der Waals surface area (Å²) in [6.07, 6.45) is 1.90. The minimum Gasteiger partial charge on any atom is -0.357 e. The van der Waals surface area contributed by atoms with Gasteiger partial charge in [0.15, 0.2) is 5.96 Å². The number of hydrogen-bond donors (Lipinski definition) is 2. The van der Waals surface area contributed by atoms with Crippen LogP contribution in [0.25, 0.3) is 5.69 Å². The van der Waals surface area contributed by atoms with Gasteiger partial charge >= 0.3 is 0 Å². The molecule has 0 aliphatic carbocycles. The summed E-state index contributed by atoms with van der Waals surface area (Å²) in [4.78, 5) is 10.4. The second-order valence-corrected chi connectivity index (χ2v) is 7.63. The monoisotopic (exact) mass is 382 g/mol. The summed E-state index contributed by atoms with van der Waals surface area (Å²) in [5, 5.41) is 12.4. The van der Waals surface area contributed by atoms with Gasteiger partial charge in [-0.3, -0.25) is 0 Å². The van der Waals surface area contributed by atoms with Crippen LogP contribution in [0, 0.1) is 20.8 Å². The summed E-state index contributed by atoms with van der Waals surface area (Å²) >= 11 is 1.70. The summed E-state index contributed by atoms with van der Waals surface area (Å²) in [6, 6.07) is 10.2. The van der Waals surface area contributed by atoms with Crippen molar-refractivity contribution >= 4 is 17.3 Å². The fourth-order valence-electron chi connectivity index (χ4n) is 2.87. The topological polar surface area (TPSA) is 67.1 Å². The zero-order valence-electron chi connectivity index (χ0n) is 16.3. The van der Waals surface area contributed by atoms with Crippen molar-refractivity contribution in [3.05, 3.63) is 63.4 Å². The Morgan fingerprint density at radius 2 is 1.93 bits per heavy atom. The number of thiazole rings is 1. The van der Waals surface area contributed by atoms with Crippen LogP contribution in [0.3, 0.4) is 0 Å². The lowest BCUT2D eigenvalue weighted by molar-refractivity contribution is 0.809. The van der Waals surface area contributed by atoms with Crippen molar-refractivity contribution in [3.63, 3.8) is 0 Å². The van der Waals surface area contributed by atoms with Crippen LogP contribution in [0.1, 0.15) is 33.8 Å². The molecule has 0 spiro atoms. The van der Waals surface area contributed by atoms with E-state index in [1.807, 2.05) is 36.0 Å². The van der Waals surface area contributed by atoms with Crippen LogP contribution in [0.2, 0.25) is 0 Å². The highest BCUT2D eigenvalue weighted by Gasteiger charge is 2.12. The van der Waals surface area contributed by atoms with Crippen molar-refractivity contribution in [2.75, 3.05) is 6.54 Å². The highest BCUT2D eigenvalue weighted by atomic mass is 32.1. The van der Waals surface area contributed by atoms with Gasteiger partial charge in [-0.15, -0.1) is 11.3 Å². The fourth-order valence-corrected chi connectivity index (χ4v) is 3.59. The molecule has 0 aliphatic heterocycles. The SMILES string of the molecule is CCNC(=NCc1c(C)nn(-c2ccccc2)c1C)NCc1ncc(C)s1. The molecule has 3 aromatic rings. The molecule has 3 rings (SSSR count). The first-order chi connectivity index (χ1) is 13.1. The molecule has 1 aromatic carbocycles. The zero-order chi connectivity index (χ0) is 19.2. The third kappa shape index (κ3) is 4.74. The normalized spacial score (nSPS) is 11.6. The molecule has 6 nitrogen and oxygen atoms in total. The van der Waals surface area contributed by atoms with Crippen LogP contribution < -0.4 is 10.6 Å². The number of aromatic nitrogens is 3. The zero-order valence-corrected chi connectivity index (χ0v) is 17.1. The predicted molar refractivity (Wildman–Crippen MR) is 112 cm³/mol. The molecule has 7 heteroatoms. The maximum absolute atomic E-state index is 4.75. The smallest absolute Gasteiger partial charge is 0.191 e. The predicted octanol–water partition coefficient (Wildman–Crippen LogP) is 3.51. The molecule has 0 aliphatic rings. The lowest BCUT2D eigenvalue weighted by Crippen LogP contribution is -2.36. The van der Waals surface area contributed by atoms with Gasteiger partial charge in [0.05, 0.1) is 24.5 Å². The van der Waals surface area contributed by atoms with E-state index in [-0.39, 0.29) is 0 Å². The Labute approximate surface area is 164 Å². The van der Waals surface area contributed by atoms with E-state index < -0.39 is 0 Å². The molecule has 142 valence electrons.